The molecule has 0 aromatic heterocycles. The molecule has 0 bridgehead atoms. The summed E-state index contributed by atoms with van der Waals surface area (Å²) in [5.41, 5.74) is 1.34. The number of hydrogen-bond acceptors (Lipinski definition) is 6. The first-order valence-corrected chi connectivity index (χ1v) is 12.5. The number of hydrogen-bond donors (Lipinski definition) is 0. The van der Waals surface area contributed by atoms with Crippen molar-refractivity contribution in [2.24, 2.45) is 0 Å². The highest BCUT2D eigenvalue weighted by Gasteiger charge is 2.37. The third kappa shape index (κ3) is 5.39. The fourth-order valence-electron chi connectivity index (χ4n) is 4.53. The zero-order chi connectivity index (χ0) is 22.6. The summed E-state index contributed by atoms with van der Waals surface area (Å²) in [6.45, 7) is 10.6. The van der Waals surface area contributed by atoms with Gasteiger partial charge in [0.2, 0.25) is 15.9 Å². The molecule has 0 spiro atoms. The van der Waals surface area contributed by atoms with Crippen molar-refractivity contribution in [1.29, 1.82) is 0 Å². The molecule has 0 unspecified atom stereocenters. The lowest BCUT2D eigenvalue weighted by molar-refractivity contribution is -0.138. The van der Waals surface area contributed by atoms with Crippen molar-refractivity contribution in [2.75, 3.05) is 59.6 Å². The first-order valence-electron chi connectivity index (χ1n) is 11.0. The van der Waals surface area contributed by atoms with Crippen LogP contribution in [0.15, 0.2) is 17.0 Å². The van der Waals surface area contributed by atoms with Gasteiger partial charge in [0, 0.05) is 38.8 Å². The summed E-state index contributed by atoms with van der Waals surface area (Å²) in [5, 5.41) is 0. The molecule has 3 rings (SSSR count). The Hall–Kier alpha value is -1.68. The summed E-state index contributed by atoms with van der Waals surface area (Å²) in [6, 6.07) is 3.24. The predicted molar refractivity (Wildman–Crippen MR) is 119 cm³/mol. The van der Waals surface area contributed by atoms with Crippen molar-refractivity contribution < 1.29 is 22.7 Å². The third-order valence-corrected chi connectivity index (χ3v) is 8.53. The number of ether oxygens (including phenoxy) is 2. The second-order valence-electron chi connectivity index (χ2n) is 8.33. The van der Waals surface area contributed by atoms with E-state index in [4.69, 9.17) is 9.47 Å². The Balaban J connectivity index is 1.60. The van der Waals surface area contributed by atoms with Crippen LogP contribution in [0, 0.1) is 13.8 Å². The highest BCUT2D eigenvalue weighted by atomic mass is 32.2. The first-order chi connectivity index (χ1) is 14.8. The van der Waals surface area contributed by atoms with Crippen LogP contribution < -0.4 is 4.74 Å². The third-order valence-electron chi connectivity index (χ3n) is 6.27. The Morgan fingerprint density at radius 3 is 2.32 bits per heavy atom. The van der Waals surface area contributed by atoms with E-state index in [1.165, 1.54) is 0 Å². The number of methoxy groups -OCH3 is 1. The van der Waals surface area contributed by atoms with Gasteiger partial charge in [0.1, 0.15) is 12.4 Å². The van der Waals surface area contributed by atoms with Crippen molar-refractivity contribution in [2.45, 2.75) is 44.6 Å². The Labute approximate surface area is 186 Å². The van der Waals surface area contributed by atoms with Crippen LogP contribution in [-0.2, 0) is 19.6 Å². The van der Waals surface area contributed by atoms with Crippen LogP contribution in [0.25, 0.3) is 0 Å². The maximum atomic E-state index is 13.4. The van der Waals surface area contributed by atoms with Crippen molar-refractivity contribution in [3.8, 4) is 5.75 Å². The Bertz CT molecular complexity index is 858. The molecule has 1 aromatic rings. The van der Waals surface area contributed by atoms with Gasteiger partial charge in [-0.25, -0.2) is 8.42 Å². The van der Waals surface area contributed by atoms with E-state index in [9.17, 15) is 13.2 Å². The average Bonchev–Trinajstić information content (AvgIpc) is 3.22. The summed E-state index contributed by atoms with van der Waals surface area (Å²) in [6.07, 6.45) is 1.52. The monoisotopic (exact) mass is 453 g/mol. The molecule has 2 aliphatic rings. The number of piperazine rings is 1. The second-order valence-corrected chi connectivity index (χ2v) is 10.2. The number of rotatable bonds is 8. The Morgan fingerprint density at radius 1 is 1.10 bits per heavy atom. The van der Waals surface area contributed by atoms with Gasteiger partial charge in [-0.1, -0.05) is 6.92 Å². The van der Waals surface area contributed by atoms with Crippen molar-refractivity contribution in [3.05, 3.63) is 23.3 Å². The summed E-state index contributed by atoms with van der Waals surface area (Å²) in [4.78, 5) is 16.9. The maximum absolute atomic E-state index is 13.4. The fourth-order valence-corrected chi connectivity index (χ4v) is 6.63. The largest absolute Gasteiger partial charge is 0.497 e. The molecule has 31 heavy (non-hydrogen) atoms. The fraction of sp³-hybridized carbons (Fsp3) is 0.682. The van der Waals surface area contributed by atoms with Gasteiger partial charge < -0.3 is 19.3 Å². The SMILES string of the molecule is CCN1CCN(C(=O)COC[C@@H]2CCCN2S(=O)(=O)c2c(C)cc(OC)cc2C)CC1. The number of benzene rings is 1. The van der Waals surface area contributed by atoms with E-state index in [1.54, 1.807) is 37.4 Å². The molecular weight excluding hydrogens is 418 g/mol. The van der Waals surface area contributed by atoms with Gasteiger partial charge in [0.15, 0.2) is 0 Å². The number of sulfonamides is 1. The van der Waals surface area contributed by atoms with Gasteiger partial charge in [0.05, 0.1) is 18.6 Å². The molecular formula is C22H35N3O5S. The van der Waals surface area contributed by atoms with E-state index in [1.807, 2.05) is 4.90 Å². The molecule has 2 heterocycles. The van der Waals surface area contributed by atoms with Crippen LogP contribution in [0.3, 0.4) is 0 Å². The summed E-state index contributed by atoms with van der Waals surface area (Å²) < 4.78 is 39.4. The van der Waals surface area contributed by atoms with E-state index in [0.717, 1.165) is 45.6 Å². The van der Waals surface area contributed by atoms with Gasteiger partial charge in [0.25, 0.3) is 0 Å². The molecule has 0 aliphatic carbocycles. The Morgan fingerprint density at radius 2 is 1.74 bits per heavy atom. The number of nitrogens with zero attached hydrogens (tertiary/aromatic N) is 3. The number of carbonyl (C=O) groups excluding carboxylic acids is 1. The molecule has 9 heteroatoms. The van der Waals surface area contributed by atoms with Gasteiger partial charge in [-0.3, -0.25) is 4.79 Å². The summed E-state index contributed by atoms with van der Waals surface area (Å²) in [7, 11) is -2.09. The minimum atomic E-state index is -3.66. The van der Waals surface area contributed by atoms with Crippen LogP contribution in [-0.4, -0.2) is 94.1 Å². The van der Waals surface area contributed by atoms with Gasteiger partial charge in [-0.05, 0) is 56.5 Å². The molecule has 1 amide bonds. The number of carbonyl (C=O) groups is 1. The second kappa shape index (κ2) is 10.3. The molecule has 0 saturated carbocycles. The lowest BCUT2D eigenvalue weighted by Gasteiger charge is -2.34. The van der Waals surface area contributed by atoms with Gasteiger partial charge in [-0.2, -0.15) is 4.31 Å². The van der Waals surface area contributed by atoms with Crippen LogP contribution in [0.2, 0.25) is 0 Å². The molecule has 2 aliphatic heterocycles. The number of amides is 1. The molecule has 2 saturated heterocycles. The van der Waals surface area contributed by atoms with Crippen LogP contribution >= 0.6 is 0 Å². The maximum Gasteiger partial charge on any atom is 0.248 e. The number of aryl methyl sites for hydroxylation is 2. The molecule has 174 valence electrons. The minimum Gasteiger partial charge on any atom is -0.497 e. The first kappa shape index (κ1) is 24.0. The lowest BCUT2D eigenvalue weighted by atomic mass is 10.1. The molecule has 1 aromatic carbocycles. The van der Waals surface area contributed by atoms with E-state index in [-0.39, 0.29) is 25.2 Å². The van der Waals surface area contributed by atoms with E-state index in [0.29, 0.717) is 28.3 Å². The zero-order valence-corrected chi connectivity index (χ0v) is 19.9. The minimum absolute atomic E-state index is 0.00287. The van der Waals surface area contributed by atoms with Crippen LogP contribution in [0.5, 0.6) is 5.75 Å². The van der Waals surface area contributed by atoms with E-state index >= 15 is 0 Å². The Kier molecular flexibility index (Phi) is 7.96. The van der Waals surface area contributed by atoms with Crippen molar-refractivity contribution in [3.63, 3.8) is 0 Å². The standard InChI is InChI=1S/C22H35N3O5S/c1-5-23-9-11-24(12-10-23)21(26)16-30-15-19-7-6-8-25(19)31(27,28)22-17(2)13-20(29-4)14-18(22)3/h13-14,19H,5-12,15-16H2,1-4H3/t19-/m0/s1. The average molecular weight is 454 g/mol. The van der Waals surface area contributed by atoms with E-state index in [2.05, 4.69) is 11.8 Å². The quantitative estimate of drug-likeness (QED) is 0.596. The summed E-state index contributed by atoms with van der Waals surface area (Å²) >= 11 is 0. The van der Waals surface area contributed by atoms with Crippen molar-refractivity contribution in [1.82, 2.24) is 14.1 Å². The molecule has 2 fully saturated rings. The van der Waals surface area contributed by atoms with E-state index < -0.39 is 10.0 Å². The highest BCUT2D eigenvalue weighted by Crippen LogP contribution is 2.32. The number of likely N-dealkylation sites (N-methyl/N-ethyl adjacent to an activating group) is 1. The molecule has 8 nitrogen and oxygen atoms in total. The molecule has 0 N–H and O–H groups in total. The van der Waals surface area contributed by atoms with Crippen molar-refractivity contribution >= 4 is 15.9 Å². The summed E-state index contributed by atoms with van der Waals surface area (Å²) in [5.74, 6) is 0.624. The van der Waals surface area contributed by atoms with Gasteiger partial charge >= 0.3 is 0 Å². The lowest BCUT2D eigenvalue weighted by Crippen LogP contribution is -2.49. The normalized spacial score (nSPS) is 20.9. The highest BCUT2D eigenvalue weighted by molar-refractivity contribution is 7.89. The van der Waals surface area contributed by atoms with Crippen LogP contribution in [0.4, 0.5) is 0 Å². The van der Waals surface area contributed by atoms with Gasteiger partial charge in [-0.15, -0.1) is 0 Å². The molecule has 1 atom stereocenters. The van der Waals surface area contributed by atoms with Crippen LogP contribution in [0.1, 0.15) is 30.9 Å². The smallest absolute Gasteiger partial charge is 0.248 e. The zero-order valence-electron chi connectivity index (χ0n) is 19.1. The molecule has 0 radical (unpaired) electrons. The predicted octanol–water partition coefficient (Wildman–Crippen LogP) is 1.65. The topological polar surface area (TPSA) is 79.4 Å².